The van der Waals surface area contributed by atoms with Crippen molar-refractivity contribution in [3.63, 3.8) is 0 Å². The van der Waals surface area contributed by atoms with Gasteiger partial charge < -0.3 is 5.32 Å². The topological polar surface area (TPSA) is 42.7 Å². The van der Waals surface area contributed by atoms with Crippen molar-refractivity contribution in [3.05, 3.63) is 59.4 Å². The maximum atomic E-state index is 6.13. The number of nitrogens with zero attached hydrogens (tertiary/aromatic N) is 3. The maximum Gasteiger partial charge on any atom is 0.153 e. The molecule has 3 rings (SSSR count). The first-order valence-corrected chi connectivity index (χ1v) is 7.98. The molecule has 1 N–H and O–H groups in total. The molecule has 4 nitrogen and oxygen atoms in total. The molecule has 1 aromatic carbocycles. The molecule has 2 aromatic heterocycles. The second-order valence-corrected chi connectivity index (χ2v) is 6.38. The van der Waals surface area contributed by atoms with Gasteiger partial charge in [-0.3, -0.25) is 4.68 Å². The quantitative estimate of drug-likeness (QED) is 0.706. The van der Waals surface area contributed by atoms with E-state index in [1.807, 2.05) is 55.1 Å². The molecule has 0 atom stereocenters. The minimum absolute atomic E-state index is 0.455. The Balaban J connectivity index is 1.83. The van der Waals surface area contributed by atoms with Crippen molar-refractivity contribution in [3.8, 4) is 0 Å². The summed E-state index contributed by atoms with van der Waals surface area (Å²) in [5.74, 6) is 1.44. The number of hydrogen-bond donors (Lipinski definition) is 1. The van der Waals surface area contributed by atoms with Crippen LogP contribution in [0.4, 0.5) is 11.6 Å². The van der Waals surface area contributed by atoms with Crippen LogP contribution in [0.15, 0.2) is 58.3 Å². The number of nitrogens with one attached hydrogen (secondary N) is 1. The second kappa shape index (κ2) is 6.42. The van der Waals surface area contributed by atoms with Crippen molar-refractivity contribution in [2.24, 2.45) is 7.05 Å². The summed E-state index contributed by atoms with van der Waals surface area (Å²) in [6.07, 6.45) is 0. The van der Waals surface area contributed by atoms with Crippen LogP contribution in [0.25, 0.3) is 0 Å². The van der Waals surface area contributed by atoms with Crippen LogP contribution in [0.1, 0.15) is 5.69 Å². The van der Waals surface area contributed by atoms with Gasteiger partial charge in [-0.15, -0.1) is 0 Å². The first kappa shape index (κ1) is 14.9. The molecule has 6 heteroatoms. The summed E-state index contributed by atoms with van der Waals surface area (Å²) >= 11 is 7.77. The molecule has 0 bridgehead atoms. The number of aryl methyl sites for hydroxylation is 2. The number of hydrogen-bond acceptors (Lipinski definition) is 4. The minimum Gasteiger partial charge on any atom is -0.323 e. The van der Waals surface area contributed by atoms with E-state index in [2.05, 4.69) is 27.5 Å². The van der Waals surface area contributed by atoms with Gasteiger partial charge in [0.05, 0.1) is 0 Å². The van der Waals surface area contributed by atoms with Gasteiger partial charge >= 0.3 is 0 Å². The van der Waals surface area contributed by atoms with Crippen molar-refractivity contribution in [1.82, 2.24) is 14.8 Å². The Kier molecular flexibility index (Phi) is 4.36. The van der Waals surface area contributed by atoms with E-state index in [9.17, 15) is 0 Å². The highest BCUT2D eigenvalue weighted by atomic mass is 35.5. The van der Waals surface area contributed by atoms with Crippen LogP contribution in [0, 0.1) is 6.92 Å². The van der Waals surface area contributed by atoms with Crippen LogP contribution < -0.4 is 5.32 Å². The van der Waals surface area contributed by atoms with Crippen LogP contribution in [0.3, 0.4) is 0 Å². The van der Waals surface area contributed by atoms with Crippen LogP contribution in [-0.2, 0) is 7.05 Å². The third kappa shape index (κ3) is 3.61. The fourth-order valence-electron chi connectivity index (χ4n) is 1.97. The summed E-state index contributed by atoms with van der Waals surface area (Å²) in [6, 6.07) is 15.9. The first-order chi connectivity index (χ1) is 10.6. The zero-order chi connectivity index (χ0) is 15.5. The average molecular weight is 331 g/mol. The third-order valence-corrected chi connectivity index (χ3v) is 4.29. The van der Waals surface area contributed by atoms with Gasteiger partial charge in [0.2, 0.25) is 0 Å². The van der Waals surface area contributed by atoms with Gasteiger partial charge in [-0.1, -0.05) is 41.6 Å². The standard InChI is InChI=1S/C16H15ClN4S/c1-11-8-16(20-21(11)2)19-15-10-13(9-14(17)18-15)22-12-6-4-3-5-7-12/h3-10H,1-2H3,(H,18,19,20). The lowest BCUT2D eigenvalue weighted by Crippen LogP contribution is -1.97. The number of halogens is 1. The second-order valence-electron chi connectivity index (χ2n) is 4.85. The van der Waals surface area contributed by atoms with E-state index in [4.69, 9.17) is 11.6 Å². The van der Waals surface area contributed by atoms with E-state index in [0.29, 0.717) is 11.0 Å². The summed E-state index contributed by atoms with van der Waals surface area (Å²) in [4.78, 5) is 6.49. The summed E-state index contributed by atoms with van der Waals surface area (Å²) in [6.45, 7) is 2.00. The fraction of sp³-hybridized carbons (Fsp3) is 0.125. The highest BCUT2D eigenvalue weighted by Crippen LogP contribution is 2.31. The van der Waals surface area contributed by atoms with Gasteiger partial charge in [-0.05, 0) is 31.2 Å². The predicted octanol–water partition coefficient (Wildman–Crippen LogP) is 4.67. The zero-order valence-electron chi connectivity index (χ0n) is 12.2. The van der Waals surface area contributed by atoms with E-state index in [0.717, 1.165) is 21.3 Å². The third-order valence-electron chi connectivity index (χ3n) is 3.12. The molecule has 0 fully saturated rings. The molecule has 0 radical (unpaired) electrons. The van der Waals surface area contributed by atoms with Crippen LogP contribution >= 0.6 is 23.4 Å². The van der Waals surface area contributed by atoms with E-state index < -0.39 is 0 Å². The molecule has 0 amide bonds. The lowest BCUT2D eigenvalue weighted by Gasteiger charge is -2.06. The van der Waals surface area contributed by atoms with Crippen LogP contribution in [0.2, 0.25) is 5.15 Å². The van der Waals surface area contributed by atoms with E-state index >= 15 is 0 Å². The molecule has 112 valence electrons. The summed E-state index contributed by atoms with van der Waals surface area (Å²) in [5, 5.41) is 8.01. The van der Waals surface area contributed by atoms with E-state index in [1.54, 1.807) is 11.8 Å². The number of rotatable bonds is 4. The van der Waals surface area contributed by atoms with Crippen LogP contribution in [-0.4, -0.2) is 14.8 Å². The molecular formula is C16H15ClN4S. The minimum atomic E-state index is 0.455. The van der Waals surface area contributed by atoms with Gasteiger partial charge in [0.25, 0.3) is 0 Å². The number of anilines is 2. The molecule has 0 saturated heterocycles. The van der Waals surface area contributed by atoms with E-state index in [-0.39, 0.29) is 0 Å². The monoisotopic (exact) mass is 330 g/mol. The smallest absolute Gasteiger partial charge is 0.153 e. The Morgan fingerprint density at radius 1 is 1.05 bits per heavy atom. The van der Waals surface area contributed by atoms with Crippen molar-refractivity contribution < 1.29 is 0 Å². The fourth-order valence-corrected chi connectivity index (χ4v) is 3.15. The lowest BCUT2D eigenvalue weighted by molar-refractivity contribution is 0.743. The highest BCUT2D eigenvalue weighted by molar-refractivity contribution is 7.99. The van der Waals surface area contributed by atoms with Gasteiger partial charge in [0, 0.05) is 28.6 Å². The summed E-state index contributed by atoms with van der Waals surface area (Å²) in [5.41, 5.74) is 1.07. The Morgan fingerprint density at radius 2 is 1.82 bits per heavy atom. The molecule has 22 heavy (non-hydrogen) atoms. The molecule has 0 spiro atoms. The zero-order valence-corrected chi connectivity index (χ0v) is 13.8. The maximum absolute atomic E-state index is 6.13. The van der Waals surface area contributed by atoms with Gasteiger partial charge in [0.15, 0.2) is 5.82 Å². The van der Waals surface area contributed by atoms with Crippen molar-refractivity contribution in [1.29, 1.82) is 0 Å². The largest absolute Gasteiger partial charge is 0.323 e. The number of pyridine rings is 1. The first-order valence-electron chi connectivity index (χ1n) is 6.78. The van der Waals surface area contributed by atoms with Crippen molar-refractivity contribution >= 4 is 35.0 Å². The Morgan fingerprint density at radius 3 is 2.50 bits per heavy atom. The molecule has 3 aromatic rings. The number of aromatic nitrogens is 3. The van der Waals surface area contributed by atoms with Gasteiger partial charge in [-0.2, -0.15) is 5.10 Å². The Labute approximate surface area is 138 Å². The normalized spacial score (nSPS) is 10.7. The molecule has 2 heterocycles. The molecule has 0 saturated carbocycles. The molecule has 0 aliphatic carbocycles. The summed E-state index contributed by atoms with van der Waals surface area (Å²) in [7, 11) is 1.91. The van der Waals surface area contributed by atoms with Gasteiger partial charge in [-0.25, -0.2) is 4.98 Å². The number of benzene rings is 1. The predicted molar refractivity (Wildman–Crippen MR) is 91.0 cm³/mol. The molecular weight excluding hydrogens is 316 g/mol. The molecule has 0 unspecified atom stereocenters. The Bertz CT molecular complexity index is 767. The summed E-state index contributed by atoms with van der Waals surface area (Å²) < 4.78 is 1.81. The average Bonchev–Trinajstić information content (AvgIpc) is 2.77. The van der Waals surface area contributed by atoms with Crippen molar-refractivity contribution in [2.45, 2.75) is 16.7 Å². The highest BCUT2D eigenvalue weighted by Gasteiger charge is 2.06. The molecule has 0 aliphatic heterocycles. The Hall–Kier alpha value is -1.98. The lowest BCUT2D eigenvalue weighted by atomic mass is 10.4. The van der Waals surface area contributed by atoms with Crippen molar-refractivity contribution in [2.75, 3.05) is 5.32 Å². The van der Waals surface area contributed by atoms with Gasteiger partial charge in [0.1, 0.15) is 11.0 Å². The SMILES string of the molecule is Cc1cc(Nc2cc(Sc3ccccc3)cc(Cl)n2)nn1C. The molecule has 0 aliphatic rings. The van der Waals surface area contributed by atoms with E-state index in [1.165, 1.54) is 0 Å². The van der Waals surface area contributed by atoms with Crippen LogP contribution in [0.5, 0.6) is 0 Å².